The van der Waals surface area contributed by atoms with Crippen LogP contribution >= 0.6 is 22.7 Å². The molecule has 2 N–H and O–H groups in total. The molecule has 114 valence electrons. The van der Waals surface area contributed by atoms with Gasteiger partial charge in [0.1, 0.15) is 0 Å². The second kappa shape index (κ2) is 7.02. The van der Waals surface area contributed by atoms with Crippen molar-refractivity contribution in [3.05, 3.63) is 42.6 Å². The third-order valence-corrected chi connectivity index (χ3v) is 5.06. The lowest BCUT2D eigenvalue weighted by Gasteiger charge is -2.11. The summed E-state index contributed by atoms with van der Waals surface area (Å²) in [6.07, 6.45) is -0.458. The van der Waals surface area contributed by atoms with Gasteiger partial charge in [-0.3, -0.25) is 9.59 Å². The maximum absolute atomic E-state index is 11.8. The number of nitrogens with zero attached hydrogens (tertiary/aromatic N) is 1. The fraction of sp³-hybridized carbons (Fsp3) is 0.429. The number of rotatable bonds is 6. The molecule has 0 saturated carbocycles. The first-order valence-corrected chi connectivity index (χ1v) is 8.38. The lowest BCUT2D eigenvalue weighted by atomic mass is 10.2. The molecule has 0 aliphatic carbocycles. The summed E-state index contributed by atoms with van der Waals surface area (Å²) < 4.78 is 1.62. The minimum Gasteiger partial charge on any atom is -0.387 e. The van der Waals surface area contributed by atoms with E-state index in [1.165, 1.54) is 22.7 Å². The van der Waals surface area contributed by atoms with E-state index < -0.39 is 6.10 Å². The van der Waals surface area contributed by atoms with E-state index in [-0.39, 0.29) is 23.7 Å². The SMILES string of the molecule is Cc1sc(=O)n(CCC(=O)NC[C@H](O)c2ccsc2)c1C. The van der Waals surface area contributed by atoms with Crippen molar-refractivity contribution in [1.82, 2.24) is 9.88 Å². The van der Waals surface area contributed by atoms with E-state index in [0.29, 0.717) is 6.54 Å². The van der Waals surface area contributed by atoms with Crippen LogP contribution in [-0.4, -0.2) is 22.1 Å². The number of hydrogen-bond acceptors (Lipinski definition) is 5. The Morgan fingerprint density at radius 1 is 1.48 bits per heavy atom. The molecular weight excluding hydrogens is 308 g/mol. The molecule has 2 aromatic rings. The van der Waals surface area contributed by atoms with Gasteiger partial charge < -0.3 is 15.0 Å². The van der Waals surface area contributed by atoms with E-state index >= 15 is 0 Å². The van der Waals surface area contributed by atoms with Crippen molar-refractivity contribution in [3.8, 4) is 0 Å². The maximum Gasteiger partial charge on any atom is 0.307 e. The summed E-state index contributed by atoms with van der Waals surface area (Å²) in [5.41, 5.74) is 1.72. The normalized spacial score (nSPS) is 12.3. The second-order valence-electron chi connectivity index (χ2n) is 4.79. The first-order valence-electron chi connectivity index (χ1n) is 6.62. The number of amides is 1. The number of thiophene rings is 1. The Morgan fingerprint density at radius 2 is 2.24 bits per heavy atom. The van der Waals surface area contributed by atoms with Crippen LogP contribution in [0.5, 0.6) is 0 Å². The molecule has 0 unspecified atom stereocenters. The fourth-order valence-electron chi connectivity index (χ4n) is 1.94. The fourth-order valence-corrected chi connectivity index (χ4v) is 3.51. The molecule has 5 nitrogen and oxygen atoms in total. The number of aromatic nitrogens is 1. The van der Waals surface area contributed by atoms with E-state index in [0.717, 1.165) is 16.1 Å². The molecule has 2 rings (SSSR count). The van der Waals surface area contributed by atoms with E-state index in [1.54, 1.807) is 4.57 Å². The molecule has 0 spiro atoms. The quantitative estimate of drug-likeness (QED) is 0.851. The molecule has 1 amide bonds. The monoisotopic (exact) mass is 326 g/mol. The van der Waals surface area contributed by atoms with Gasteiger partial charge in [-0.15, -0.1) is 0 Å². The van der Waals surface area contributed by atoms with Crippen molar-refractivity contribution in [1.29, 1.82) is 0 Å². The summed E-state index contributed by atoms with van der Waals surface area (Å²) >= 11 is 2.71. The topological polar surface area (TPSA) is 71.3 Å². The van der Waals surface area contributed by atoms with Crippen LogP contribution in [0.3, 0.4) is 0 Å². The number of carbonyl (C=O) groups excluding carboxylic acids is 1. The first kappa shape index (κ1) is 15.9. The number of carbonyl (C=O) groups is 1. The Hall–Kier alpha value is -1.44. The van der Waals surface area contributed by atoms with Gasteiger partial charge >= 0.3 is 4.87 Å². The molecule has 2 heterocycles. The van der Waals surface area contributed by atoms with E-state index in [9.17, 15) is 14.7 Å². The van der Waals surface area contributed by atoms with E-state index in [2.05, 4.69) is 5.32 Å². The van der Waals surface area contributed by atoms with Crippen molar-refractivity contribution in [2.45, 2.75) is 32.9 Å². The predicted octanol–water partition coefficient (Wildman–Crippen LogP) is 1.83. The number of hydrogen-bond donors (Lipinski definition) is 2. The summed E-state index contributed by atoms with van der Waals surface area (Å²) in [7, 11) is 0. The largest absolute Gasteiger partial charge is 0.387 e. The third kappa shape index (κ3) is 4.03. The van der Waals surface area contributed by atoms with Gasteiger partial charge in [0.15, 0.2) is 0 Å². The van der Waals surface area contributed by atoms with Gasteiger partial charge in [0, 0.05) is 30.1 Å². The van der Waals surface area contributed by atoms with Gasteiger partial charge in [0.05, 0.1) is 6.10 Å². The van der Waals surface area contributed by atoms with Crippen LogP contribution < -0.4 is 10.2 Å². The highest BCUT2D eigenvalue weighted by atomic mass is 32.1. The number of aryl methyl sites for hydroxylation is 1. The van der Waals surface area contributed by atoms with Crippen molar-refractivity contribution in [2.75, 3.05) is 6.54 Å². The maximum atomic E-state index is 11.8. The number of thiazole rings is 1. The Balaban J connectivity index is 1.81. The molecule has 7 heteroatoms. The van der Waals surface area contributed by atoms with Crippen LogP contribution in [0, 0.1) is 13.8 Å². The standard InChI is InChI=1S/C14H18N2O3S2/c1-9-10(2)21-14(19)16(9)5-3-13(18)15-7-12(17)11-4-6-20-8-11/h4,6,8,12,17H,3,5,7H2,1-2H3,(H,15,18)/t12-/m0/s1. The average Bonchev–Trinajstić information content (AvgIpc) is 3.05. The highest BCUT2D eigenvalue weighted by molar-refractivity contribution is 7.09. The summed E-state index contributed by atoms with van der Waals surface area (Å²) in [6.45, 7) is 4.34. The minimum atomic E-state index is -0.687. The smallest absolute Gasteiger partial charge is 0.307 e. The van der Waals surface area contributed by atoms with Gasteiger partial charge in [-0.25, -0.2) is 0 Å². The van der Waals surface area contributed by atoms with Gasteiger partial charge in [-0.2, -0.15) is 11.3 Å². The Labute approximate surface area is 130 Å². The molecule has 0 aliphatic heterocycles. The van der Waals surface area contributed by atoms with Gasteiger partial charge in [0.25, 0.3) is 0 Å². The Bertz CT molecular complexity index is 658. The van der Waals surface area contributed by atoms with Crippen molar-refractivity contribution >= 4 is 28.6 Å². The second-order valence-corrected chi connectivity index (χ2v) is 6.73. The van der Waals surface area contributed by atoms with Crippen LogP contribution in [0.25, 0.3) is 0 Å². The predicted molar refractivity (Wildman–Crippen MR) is 85.0 cm³/mol. The summed E-state index contributed by atoms with van der Waals surface area (Å²) in [6, 6.07) is 1.83. The van der Waals surface area contributed by atoms with Crippen LogP contribution in [0.1, 0.15) is 28.7 Å². The molecular formula is C14H18N2O3S2. The van der Waals surface area contributed by atoms with Gasteiger partial charge in [-0.1, -0.05) is 11.3 Å². The van der Waals surface area contributed by atoms with Crippen LogP contribution in [-0.2, 0) is 11.3 Å². The van der Waals surface area contributed by atoms with Crippen LogP contribution in [0.4, 0.5) is 0 Å². The Kier molecular flexibility index (Phi) is 5.33. The van der Waals surface area contributed by atoms with Gasteiger partial charge in [0.2, 0.25) is 5.91 Å². The highest BCUT2D eigenvalue weighted by Crippen LogP contribution is 2.15. The molecule has 0 saturated heterocycles. The molecule has 0 aliphatic rings. The van der Waals surface area contributed by atoms with E-state index in [4.69, 9.17) is 0 Å². The summed E-state index contributed by atoms with van der Waals surface area (Å²) in [5, 5.41) is 16.3. The van der Waals surface area contributed by atoms with Gasteiger partial charge in [-0.05, 0) is 36.2 Å². The first-order chi connectivity index (χ1) is 9.99. The zero-order valence-corrected chi connectivity index (χ0v) is 13.6. The Morgan fingerprint density at radius 3 is 2.81 bits per heavy atom. The third-order valence-electron chi connectivity index (χ3n) is 3.36. The summed E-state index contributed by atoms with van der Waals surface area (Å²) in [5.74, 6) is -0.167. The lowest BCUT2D eigenvalue weighted by molar-refractivity contribution is -0.121. The summed E-state index contributed by atoms with van der Waals surface area (Å²) in [4.78, 5) is 24.4. The molecule has 0 bridgehead atoms. The number of aliphatic hydroxyl groups excluding tert-OH is 1. The molecule has 0 radical (unpaired) electrons. The van der Waals surface area contributed by atoms with Crippen molar-refractivity contribution in [2.24, 2.45) is 0 Å². The van der Waals surface area contributed by atoms with Crippen molar-refractivity contribution in [3.63, 3.8) is 0 Å². The zero-order chi connectivity index (χ0) is 15.4. The zero-order valence-electron chi connectivity index (χ0n) is 12.0. The lowest BCUT2D eigenvalue weighted by Crippen LogP contribution is -2.30. The average molecular weight is 326 g/mol. The molecule has 2 aromatic heterocycles. The highest BCUT2D eigenvalue weighted by Gasteiger charge is 2.12. The molecule has 21 heavy (non-hydrogen) atoms. The van der Waals surface area contributed by atoms with Crippen LogP contribution in [0.15, 0.2) is 21.6 Å². The number of aliphatic hydroxyl groups is 1. The van der Waals surface area contributed by atoms with Crippen molar-refractivity contribution < 1.29 is 9.90 Å². The molecule has 1 atom stereocenters. The minimum absolute atomic E-state index is 0.0314. The van der Waals surface area contributed by atoms with Crippen LogP contribution in [0.2, 0.25) is 0 Å². The molecule has 0 aromatic carbocycles. The van der Waals surface area contributed by atoms with E-state index in [1.807, 2.05) is 30.7 Å². The number of nitrogens with one attached hydrogen (secondary N) is 1. The molecule has 0 fully saturated rings.